The lowest BCUT2D eigenvalue weighted by molar-refractivity contribution is 0.145. The number of aryl methyl sites for hydroxylation is 1. The van der Waals surface area contributed by atoms with Gasteiger partial charge in [0, 0.05) is 26.2 Å². The van der Waals surface area contributed by atoms with Crippen LogP contribution < -0.4 is 5.32 Å². The Morgan fingerprint density at radius 1 is 1.05 bits per heavy atom. The molecule has 2 nitrogen and oxygen atoms in total. The summed E-state index contributed by atoms with van der Waals surface area (Å²) in [5, 5.41) is 3.58. The van der Waals surface area contributed by atoms with Gasteiger partial charge in [-0.15, -0.1) is 0 Å². The zero-order valence-corrected chi connectivity index (χ0v) is 13.1. The fraction of sp³-hybridized carbons (Fsp3) is 0.647. The third-order valence-corrected chi connectivity index (χ3v) is 3.54. The van der Waals surface area contributed by atoms with Crippen LogP contribution in [0.2, 0.25) is 0 Å². The summed E-state index contributed by atoms with van der Waals surface area (Å²) < 4.78 is 5.33. The van der Waals surface area contributed by atoms with Crippen molar-refractivity contribution < 1.29 is 4.74 Å². The smallest absolute Gasteiger partial charge is 0.0494 e. The number of hydrogen-bond donors (Lipinski definition) is 1. The van der Waals surface area contributed by atoms with Crippen LogP contribution in [-0.4, -0.2) is 26.8 Å². The monoisotopic (exact) mass is 263 g/mol. The van der Waals surface area contributed by atoms with Gasteiger partial charge in [0.1, 0.15) is 0 Å². The standard InChI is InChI=1S/C17H29NO/c1-13(2)10-18-11-17(15(4)12-19-5)16-8-6-14(3)7-9-16/h6-9,13,15,17-18H,10-12H2,1-5H3. The van der Waals surface area contributed by atoms with Crippen LogP contribution in [0.3, 0.4) is 0 Å². The van der Waals surface area contributed by atoms with Crippen LogP contribution in [0.5, 0.6) is 0 Å². The van der Waals surface area contributed by atoms with Gasteiger partial charge in [0.05, 0.1) is 0 Å². The van der Waals surface area contributed by atoms with E-state index in [1.807, 2.05) is 0 Å². The maximum absolute atomic E-state index is 5.33. The SMILES string of the molecule is COCC(C)C(CNCC(C)C)c1ccc(C)cc1. The molecule has 0 aromatic heterocycles. The van der Waals surface area contributed by atoms with E-state index >= 15 is 0 Å². The number of methoxy groups -OCH3 is 1. The second-order valence-corrected chi connectivity index (χ2v) is 6.00. The van der Waals surface area contributed by atoms with Crippen molar-refractivity contribution in [2.75, 3.05) is 26.8 Å². The van der Waals surface area contributed by atoms with Crippen LogP contribution >= 0.6 is 0 Å². The molecule has 0 bridgehead atoms. The number of nitrogens with one attached hydrogen (secondary N) is 1. The third kappa shape index (κ3) is 5.75. The molecule has 0 saturated heterocycles. The maximum atomic E-state index is 5.33. The molecule has 0 radical (unpaired) electrons. The molecule has 0 amide bonds. The molecule has 0 fully saturated rings. The first-order valence-corrected chi connectivity index (χ1v) is 7.30. The van der Waals surface area contributed by atoms with Crippen molar-refractivity contribution in [1.29, 1.82) is 0 Å². The molecule has 0 spiro atoms. The molecule has 1 rings (SSSR count). The van der Waals surface area contributed by atoms with Crippen molar-refractivity contribution in [3.05, 3.63) is 35.4 Å². The molecule has 0 aliphatic carbocycles. The molecule has 108 valence electrons. The predicted molar refractivity (Wildman–Crippen MR) is 82.7 cm³/mol. The van der Waals surface area contributed by atoms with Gasteiger partial charge in [-0.1, -0.05) is 50.6 Å². The van der Waals surface area contributed by atoms with Crippen molar-refractivity contribution in [3.8, 4) is 0 Å². The van der Waals surface area contributed by atoms with Gasteiger partial charge in [-0.2, -0.15) is 0 Å². The minimum Gasteiger partial charge on any atom is -0.384 e. The molecular weight excluding hydrogens is 234 g/mol. The van der Waals surface area contributed by atoms with Crippen LogP contribution in [0.1, 0.15) is 37.8 Å². The molecule has 0 heterocycles. The lowest BCUT2D eigenvalue weighted by Crippen LogP contribution is -2.30. The van der Waals surface area contributed by atoms with Gasteiger partial charge >= 0.3 is 0 Å². The van der Waals surface area contributed by atoms with E-state index in [9.17, 15) is 0 Å². The summed E-state index contributed by atoms with van der Waals surface area (Å²) >= 11 is 0. The van der Waals surface area contributed by atoms with Crippen molar-refractivity contribution in [1.82, 2.24) is 5.32 Å². The van der Waals surface area contributed by atoms with Crippen molar-refractivity contribution in [3.63, 3.8) is 0 Å². The van der Waals surface area contributed by atoms with E-state index in [-0.39, 0.29) is 0 Å². The Balaban J connectivity index is 2.70. The summed E-state index contributed by atoms with van der Waals surface area (Å²) in [6.45, 7) is 11.8. The second kappa shape index (κ2) is 8.34. The summed E-state index contributed by atoms with van der Waals surface area (Å²) in [6, 6.07) is 8.90. The van der Waals surface area contributed by atoms with Gasteiger partial charge in [-0.3, -0.25) is 0 Å². The Kier molecular flexibility index (Phi) is 7.11. The topological polar surface area (TPSA) is 21.3 Å². The van der Waals surface area contributed by atoms with E-state index in [1.54, 1.807) is 7.11 Å². The third-order valence-electron chi connectivity index (χ3n) is 3.54. The van der Waals surface area contributed by atoms with Gasteiger partial charge in [-0.25, -0.2) is 0 Å². The van der Waals surface area contributed by atoms with Gasteiger partial charge in [0.25, 0.3) is 0 Å². The molecular formula is C17H29NO. The predicted octanol–water partition coefficient (Wildman–Crippen LogP) is 3.61. The molecule has 0 aliphatic rings. The molecule has 2 atom stereocenters. The Hall–Kier alpha value is -0.860. The fourth-order valence-electron chi connectivity index (χ4n) is 2.37. The van der Waals surface area contributed by atoms with Crippen LogP contribution in [0, 0.1) is 18.8 Å². The zero-order valence-electron chi connectivity index (χ0n) is 13.1. The van der Waals surface area contributed by atoms with Gasteiger partial charge in [0.2, 0.25) is 0 Å². The average Bonchev–Trinajstić information content (AvgIpc) is 2.36. The molecule has 0 aliphatic heterocycles. The molecule has 19 heavy (non-hydrogen) atoms. The highest BCUT2D eigenvalue weighted by Crippen LogP contribution is 2.24. The number of ether oxygens (including phenoxy) is 1. The number of benzene rings is 1. The molecule has 0 saturated carbocycles. The highest BCUT2D eigenvalue weighted by Gasteiger charge is 2.19. The molecule has 1 aromatic carbocycles. The van der Waals surface area contributed by atoms with Crippen LogP contribution in [-0.2, 0) is 4.74 Å². The summed E-state index contributed by atoms with van der Waals surface area (Å²) in [5.74, 6) is 1.73. The van der Waals surface area contributed by atoms with Crippen LogP contribution in [0.25, 0.3) is 0 Å². The molecule has 2 heteroatoms. The molecule has 1 N–H and O–H groups in total. The molecule has 2 unspecified atom stereocenters. The summed E-state index contributed by atoms with van der Waals surface area (Å²) in [7, 11) is 1.78. The Labute approximate surface area is 118 Å². The first kappa shape index (κ1) is 16.2. The first-order chi connectivity index (χ1) is 9.04. The van der Waals surface area contributed by atoms with E-state index in [2.05, 4.69) is 57.3 Å². The number of hydrogen-bond acceptors (Lipinski definition) is 2. The normalized spacial score (nSPS) is 14.6. The minimum atomic E-state index is 0.513. The minimum absolute atomic E-state index is 0.513. The largest absolute Gasteiger partial charge is 0.384 e. The van der Waals surface area contributed by atoms with E-state index in [0.717, 1.165) is 19.7 Å². The summed E-state index contributed by atoms with van der Waals surface area (Å²) in [5.41, 5.74) is 2.73. The number of rotatable bonds is 8. The fourth-order valence-corrected chi connectivity index (χ4v) is 2.37. The maximum Gasteiger partial charge on any atom is 0.0494 e. The van der Waals surface area contributed by atoms with Crippen molar-refractivity contribution in [2.24, 2.45) is 11.8 Å². The van der Waals surface area contributed by atoms with E-state index in [1.165, 1.54) is 11.1 Å². The van der Waals surface area contributed by atoms with Crippen molar-refractivity contribution >= 4 is 0 Å². The zero-order chi connectivity index (χ0) is 14.3. The van der Waals surface area contributed by atoms with Gasteiger partial charge in [-0.05, 0) is 30.9 Å². The lowest BCUT2D eigenvalue weighted by Gasteiger charge is -2.25. The average molecular weight is 263 g/mol. The van der Waals surface area contributed by atoms with Crippen molar-refractivity contribution in [2.45, 2.75) is 33.6 Å². The highest BCUT2D eigenvalue weighted by atomic mass is 16.5. The Morgan fingerprint density at radius 2 is 1.68 bits per heavy atom. The van der Waals surface area contributed by atoms with Crippen LogP contribution in [0.4, 0.5) is 0 Å². The Bertz CT molecular complexity index is 345. The highest BCUT2D eigenvalue weighted by molar-refractivity contribution is 5.25. The summed E-state index contributed by atoms with van der Waals surface area (Å²) in [6.07, 6.45) is 0. The summed E-state index contributed by atoms with van der Waals surface area (Å²) in [4.78, 5) is 0. The van der Waals surface area contributed by atoms with E-state index in [0.29, 0.717) is 17.8 Å². The van der Waals surface area contributed by atoms with E-state index in [4.69, 9.17) is 4.74 Å². The van der Waals surface area contributed by atoms with Gasteiger partial charge < -0.3 is 10.1 Å². The lowest BCUT2D eigenvalue weighted by atomic mass is 9.87. The molecule has 1 aromatic rings. The first-order valence-electron chi connectivity index (χ1n) is 7.30. The quantitative estimate of drug-likeness (QED) is 0.773. The van der Waals surface area contributed by atoms with Gasteiger partial charge in [0.15, 0.2) is 0 Å². The Morgan fingerprint density at radius 3 is 2.21 bits per heavy atom. The second-order valence-electron chi connectivity index (χ2n) is 6.00. The van der Waals surface area contributed by atoms with E-state index < -0.39 is 0 Å². The van der Waals surface area contributed by atoms with Crippen LogP contribution in [0.15, 0.2) is 24.3 Å².